The van der Waals surface area contributed by atoms with Gasteiger partial charge in [-0.15, -0.1) is 0 Å². The van der Waals surface area contributed by atoms with Crippen LogP contribution in [0.15, 0.2) is 24.3 Å². The third-order valence-electron chi connectivity index (χ3n) is 2.90. The Morgan fingerprint density at radius 3 is 2.81 bits per heavy atom. The van der Waals surface area contributed by atoms with Crippen molar-refractivity contribution in [2.75, 3.05) is 7.05 Å². The highest BCUT2D eigenvalue weighted by atomic mass is 35.5. The summed E-state index contributed by atoms with van der Waals surface area (Å²) >= 11 is 5.92. The zero-order chi connectivity index (χ0) is 11.7. The third-order valence-corrected chi connectivity index (χ3v) is 3.13. The van der Waals surface area contributed by atoms with Gasteiger partial charge in [0.05, 0.1) is 0 Å². The van der Waals surface area contributed by atoms with Gasteiger partial charge in [-0.3, -0.25) is 4.79 Å². The van der Waals surface area contributed by atoms with Gasteiger partial charge in [-0.1, -0.05) is 23.7 Å². The molecule has 0 fully saturated rings. The van der Waals surface area contributed by atoms with Crippen molar-refractivity contribution in [2.45, 2.75) is 19.8 Å². The lowest BCUT2D eigenvalue weighted by Crippen LogP contribution is -2.27. The fourth-order valence-corrected chi connectivity index (χ4v) is 2.20. The van der Waals surface area contributed by atoms with Crippen molar-refractivity contribution in [3.8, 4) is 0 Å². The lowest BCUT2D eigenvalue weighted by molar-refractivity contribution is -0.127. The maximum Gasteiger partial charge on any atom is 0.227 e. The molecule has 2 nitrogen and oxygen atoms in total. The van der Waals surface area contributed by atoms with E-state index in [4.69, 9.17) is 11.6 Å². The number of allylic oxidation sites excluding steroid dienone is 1. The molecule has 0 aliphatic carbocycles. The summed E-state index contributed by atoms with van der Waals surface area (Å²) < 4.78 is 0. The second kappa shape index (κ2) is 4.30. The van der Waals surface area contributed by atoms with Crippen LogP contribution in [0.4, 0.5) is 0 Å². The van der Waals surface area contributed by atoms with E-state index >= 15 is 0 Å². The zero-order valence-corrected chi connectivity index (χ0v) is 10.2. The summed E-state index contributed by atoms with van der Waals surface area (Å²) in [5.41, 5.74) is 3.17. The van der Waals surface area contributed by atoms with E-state index in [-0.39, 0.29) is 5.91 Å². The second-order valence-corrected chi connectivity index (χ2v) is 4.48. The van der Waals surface area contributed by atoms with Crippen molar-refractivity contribution in [1.82, 2.24) is 4.90 Å². The minimum Gasteiger partial charge on any atom is -0.315 e. The maximum atomic E-state index is 11.6. The molecule has 1 aromatic carbocycles. The Balaban J connectivity index is 2.44. The van der Waals surface area contributed by atoms with Crippen molar-refractivity contribution in [3.05, 3.63) is 40.4 Å². The fraction of sp³-hybridized carbons (Fsp3) is 0.308. The van der Waals surface area contributed by atoms with Crippen molar-refractivity contribution < 1.29 is 4.79 Å². The van der Waals surface area contributed by atoms with Gasteiger partial charge in [-0.2, -0.15) is 0 Å². The minimum absolute atomic E-state index is 0.173. The third kappa shape index (κ3) is 1.98. The molecule has 16 heavy (non-hydrogen) atoms. The highest BCUT2D eigenvalue weighted by Gasteiger charge is 2.19. The van der Waals surface area contributed by atoms with Crippen LogP contribution in [0.1, 0.15) is 24.0 Å². The number of hydrogen-bond acceptors (Lipinski definition) is 1. The van der Waals surface area contributed by atoms with Crippen LogP contribution >= 0.6 is 11.6 Å². The van der Waals surface area contributed by atoms with Gasteiger partial charge in [0.25, 0.3) is 0 Å². The molecule has 1 heterocycles. The summed E-state index contributed by atoms with van der Waals surface area (Å²) in [6.45, 7) is 2.01. The molecule has 0 radical (unpaired) electrons. The average Bonchev–Trinajstić information content (AvgIpc) is 2.23. The van der Waals surface area contributed by atoms with E-state index in [1.165, 1.54) is 0 Å². The quantitative estimate of drug-likeness (QED) is 0.732. The number of carbonyl (C=O) groups excluding carboxylic acids is 1. The molecule has 0 bridgehead atoms. The van der Waals surface area contributed by atoms with Crippen LogP contribution in [0.25, 0.3) is 5.70 Å². The topological polar surface area (TPSA) is 20.3 Å². The molecular formula is C13H14ClNO. The molecule has 1 aliphatic rings. The first-order chi connectivity index (χ1) is 7.59. The van der Waals surface area contributed by atoms with Gasteiger partial charge < -0.3 is 4.90 Å². The average molecular weight is 236 g/mol. The van der Waals surface area contributed by atoms with Gasteiger partial charge in [-0.25, -0.2) is 0 Å². The monoisotopic (exact) mass is 235 g/mol. The molecule has 84 valence electrons. The Bertz CT molecular complexity index is 465. The number of amides is 1. The first-order valence-electron chi connectivity index (χ1n) is 5.33. The summed E-state index contributed by atoms with van der Waals surface area (Å²) in [5, 5.41) is 0.728. The Morgan fingerprint density at radius 2 is 2.12 bits per heavy atom. The van der Waals surface area contributed by atoms with E-state index in [1.807, 2.05) is 32.2 Å². The van der Waals surface area contributed by atoms with E-state index < -0.39 is 0 Å². The van der Waals surface area contributed by atoms with Crippen LogP contribution in [-0.4, -0.2) is 17.9 Å². The summed E-state index contributed by atoms with van der Waals surface area (Å²) in [7, 11) is 1.82. The Morgan fingerprint density at radius 1 is 1.38 bits per heavy atom. The number of hydrogen-bond donors (Lipinski definition) is 0. The van der Waals surface area contributed by atoms with Gasteiger partial charge in [0, 0.05) is 29.8 Å². The molecule has 0 unspecified atom stereocenters. The highest BCUT2D eigenvalue weighted by molar-refractivity contribution is 6.30. The summed E-state index contributed by atoms with van der Waals surface area (Å²) in [5.74, 6) is 0.173. The van der Waals surface area contributed by atoms with Gasteiger partial charge >= 0.3 is 0 Å². The standard InChI is InChI=1S/C13H14ClNO/c1-9-8-10(14)6-7-11(9)12-4-3-5-13(16)15(12)2/h4,6-8H,3,5H2,1-2H3. The van der Waals surface area contributed by atoms with Crippen molar-refractivity contribution >= 4 is 23.2 Å². The molecule has 0 atom stereocenters. The molecule has 2 rings (SSSR count). The summed E-state index contributed by atoms with van der Waals surface area (Å²) in [6, 6.07) is 5.75. The fourth-order valence-electron chi connectivity index (χ4n) is 1.98. The zero-order valence-electron chi connectivity index (χ0n) is 9.46. The molecule has 0 saturated heterocycles. The van der Waals surface area contributed by atoms with E-state index in [1.54, 1.807) is 4.90 Å². The largest absolute Gasteiger partial charge is 0.315 e. The number of halogens is 1. The van der Waals surface area contributed by atoms with Crippen LogP contribution in [-0.2, 0) is 4.79 Å². The second-order valence-electron chi connectivity index (χ2n) is 4.04. The van der Waals surface area contributed by atoms with Crippen LogP contribution < -0.4 is 0 Å². The molecule has 3 heteroatoms. The molecule has 1 amide bonds. The van der Waals surface area contributed by atoms with Crippen LogP contribution in [0.5, 0.6) is 0 Å². The molecule has 0 aromatic heterocycles. The Labute approximate surface area is 101 Å². The lowest BCUT2D eigenvalue weighted by atomic mass is 10.0. The van der Waals surface area contributed by atoms with Crippen LogP contribution in [0.2, 0.25) is 5.02 Å². The van der Waals surface area contributed by atoms with E-state index in [9.17, 15) is 4.79 Å². The number of nitrogens with zero attached hydrogens (tertiary/aromatic N) is 1. The number of carbonyl (C=O) groups is 1. The van der Waals surface area contributed by atoms with E-state index in [0.717, 1.165) is 28.3 Å². The van der Waals surface area contributed by atoms with E-state index in [2.05, 4.69) is 6.08 Å². The maximum absolute atomic E-state index is 11.6. The Hall–Kier alpha value is -1.28. The first-order valence-corrected chi connectivity index (χ1v) is 5.70. The smallest absolute Gasteiger partial charge is 0.227 e. The molecule has 0 saturated carbocycles. The highest BCUT2D eigenvalue weighted by Crippen LogP contribution is 2.28. The van der Waals surface area contributed by atoms with Gasteiger partial charge in [0.1, 0.15) is 0 Å². The normalized spacial score (nSPS) is 16.3. The number of benzene rings is 1. The summed E-state index contributed by atoms with van der Waals surface area (Å²) in [6.07, 6.45) is 3.53. The van der Waals surface area contributed by atoms with Gasteiger partial charge in [-0.05, 0) is 31.0 Å². The minimum atomic E-state index is 0.173. The van der Waals surface area contributed by atoms with Crippen molar-refractivity contribution in [2.24, 2.45) is 0 Å². The molecule has 1 aliphatic heterocycles. The van der Waals surface area contributed by atoms with Gasteiger partial charge in [0.2, 0.25) is 5.91 Å². The predicted octanol–water partition coefficient (Wildman–Crippen LogP) is 3.24. The van der Waals surface area contributed by atoms with Crippen molar-refractivity contribution in [1.29, 1.82) is 0 Å². The number of aryl methyl sites for hydroxylation is 1. The Kier molecular flexibility index (Phi) is 3.01. The van der Waals surface area contributed by atoms with Crippen LogP contribution in [0.3, 0.4) is 0 Å². The molecular weight excluding hydrogens is 222 g/mol. The SMILES string of the molecule is Cc1cc(Cl)ccc1C1=CCCC(=O)N1C. The van der Waals surface area contributed by atoms with Crippen molar-refractivity contribution in [3.63, 3.8) is 0 Å². The number of rotatable bonds is 1. The molecule has 0 N–H and O–H groups in total. The molecule has 1 aromatic rings. The van der Waals surface area contributed by atoms with Crippen LogP contribution in [0, 0.1) is 6.92 Å². The van der Waals surface area contributed by atoms with Gasteiger partial charge in [0.15, 0.2) is 0 Å². The van der Waals surface area contributed by atoms with E-state index in [0.29, 0.717) is 6.42 Å². The first kappa shape index (κ1) is 11.2. The molecule has 0 spiro atoms. The summed E-state index contributed by atoms with van der Waals surface area (Å²) in [4.78, 5) is 13.3. The lowest BCUT2D eigenvalue weighted by Gasteiger charge is -2.26. The predicted molar refractivity (Wildman–Crippen MR) is 66.2 cm³/mol.